The molecule has 0 radical (unpaired) electrons. The van der Waals surface area contributed by atoms with Gasteiger partial charge in [0.2, 0.25) is 0 Å². The molecule has 1 aromatic rings. The van der Waals surface area contributed by atoms with Crippen molar-refractivity contribution in [3.63, 3.8) is 0 Å². The van der Waals surface area contributed by atoms with Crippen molar-refractivity contribution in [3.05, 3.63) is 34.1 Å². The molecule has 1 N–H and O–H groups in total. The fourth-order valence-electron chi connectivity index (χ4n) is 3.62. The fourth-order valence-corrected chi connectivity index (χ4v) is 4.03. The monoisotopic (exact) mass is 426 g/mol. The minimum absolute atomic E-state index is 0.165. The lowest BCUT2D eigenvalue weighted by Gasteiger charge is -2.32. The number of halogens is 2. The predicted octanol–water partition coefficient (Wildman–Crippen LogP) is 2.50. The first kappa shape index (κ1) is 19.6. The molecule has 144 valence electrons. The van der Waals surface area contributed by atoms with Crippen molar-refractivity contribution in [2.75, 3.05) is 52.5 Å². The maximum atomic E-state index is 13.9. The number of nitrogens with one attached hydrogen (secondary N) is 1. The highest BCUT2D eigenvalue weighted by Gasteiger charge is 2.30. The number of ether oxygens (including phenoxy) is 1. The molecular weight excluding hydrogens is 399 g/mol. The van der Waals surface area contributed by atoms with Crippen molar-refractivity contribution in [1.82, 2.24) is 15.1 Å². The van der Waals surface area contributed by atoms with Crippen LogP contribution < -0.4 is 5.32 Å². The number of guanidine groups is 1. The number of morpholine rings is 1. The molecule has 1 aromatic carbocycles. The third-order valence-corrected chi connectivity index (χ3v) is 5.50. The summed E-state index contributed by atoms with van der Waals surface area (Å²) in [6.07, 6.45) is 1.76. The van der Waals surface area contributed by atoms with Crippen LogP contribution in [0.2, 0.25) is 0 Å². The molecule has 7 heteroatoms. The van der Waals surface area contributed by atoms with Crippen LogP contribution in [0.1, 0.15) is 18.9 Å². The summed E-state index contributed by atoms with van der Waals surface area (Å²) in [5, 5.41) is 3.39. The second-order valence-electron chi connectivity index (χ2n) is 6.76. The van der Waals surface area contributed by atoms with Crippen molar-refractivity contribution in [3.8, 4) is 0 Å². The van der Waals surface area contributed by atoms with E-state index in [1.165, 1.54) is 6.07 Å². The molecule has 3 rings (SSSR count). The van der Waals surface area contributed by atoms with Crippen LogP contribution in [0.5, 0.6) is 0 Å². The lowest BCUT2D eigenvalue weighted by atomic mass is 10.1. The van der Waals surface area contributed by atoms with Crippen LogP contribution in [0.4, 0.5) is 4.39 Å². The highest BCUT2D eigenvalue weighted by Crippen LogP contribution is 2.18. The summed E-state index contributed by atoms with van der Waals surface area (Å²) < 4.78 is 20.2. The molecule has 26 heavy (non-hydrogen) atoms. The normalized spacial score (nSPS) is 22.0. The highest BCUT2D eigenvalue weighted by atomic mass is 79.9. The second kappa shape index (κ2) is 9.67. The number of hydrogen-bond acceptors (Lipinski definition) is 3. The van der Waals surface area contributed by atoms with Gasteiger partial charge in [0.05, 0.1) is 13.2 Å². The molecule has 0 bridgehead atoms. The second-order valence-corrected chi connectivity index (χ2v) is 7.67. The average molecular weight is 427 g/mol. The van der Waals surface area contributed by atoms with E-state index < -0.39 is 0 Å². The SMILES string of the molecule is CCNC(=NCCc1cc(Br)ccc1F)N1CCC(N2CCOCC2)C1. The first-order chi connectivity index (χ1) is 12.7. The Kier molecular flexibility index (Phi) is 7.28. The van der Waals surface area contributed by atoms with Gasteiger partial charge in [-0.1, -0.05) is 15.9 Å². The average Bonchev–Trinajstić information content (AvgIpc) is 3.14. The summed E-state index contributed by atoms with van der Waals surface area (Å²) in [6, 6.07) is 5.64. The van der Waals surface area contributed by atoms with Gasteiger partial charge in [-0.25, -0.2) is 4.39 Å². The minimum atomic E-state index is -0.165. The number of aliphatic imine (C=N–C) groups is 1. The van der Waals surface area contributed by atoms with E-state index in [4.69, 9.17) is 9.73 Å². The molecule has 2 heterocycles. The molecule has 2 aliphatic heterocycles. The summed E-state index contributed by atoms with van der Waals surface area (Å²) >= 11 is 3.40. The summed E-state index contributed by atoms with van der Waals surface area (Å²) in [6.45, 7) is 9.22. The maximum absolute atomic E-state index is 13.9. The molecule has 0 aliphatic carbocycles. The lowest BCUT2D eigenvalue weighted by molar-refractivity contribution is 0.0195. The van der Waals surface area contributed by atoms with Crippen LogP contribution in [-0.4, -0.2) is 74.3 Å². The van der Waals surface area contributed by atoms with Crippen LogP contribution in [-0.2, 0) is 11.2 Å². The van der Waals surface area contributed by atoms with Crippen LogP contribution in [0.25, 0.3) is 0 Å². The molecule has 1 unspecified atom stereocenters. The van der Waals surface area contributed by atoms with E-state index in [1.54, 1.807) is 6.07 Å². The molecule has 5 nitrogen and oxygen atoms in total. The van der Waals surface area contributed by atoms with Gasteiger partial charge in [0, 0.05) is 49.8 Å². The van der Waals surface area contributed by atoms with Gasteiger partial charge in [-0.2, -0.15) is 0 Å². The number of likely N-dealkylation sites (tertiary alicyclic amines) is 1. The molecule has 0 saturated carbocycles. The topological polar surface area (TPSA) is 40.1 Å². The van der Waals surface area contributed by atoms with E-state index in [9.17, 15) is 4.39 Å². The minimum Gasteiger partial charge on any atom is -0.379 e. The van der Waals surface area contributed by atoms with Gasteiger partial charge in [0.1, 0.15) is 5.82 Å². The fraction of sp³-hybridized carbons (Fsp3) is 0.632. The third-order valence-electron chi connectivity index (χ3n) is 5.01. The van der Waals surface area contributed by atoms with Crippen molar-refractivity contribution in [2.24, 2.45) is 4.99 Å². The van der Waals surface area contributed by atoms with E-state index in [1.807, 2.05) is 6.07 Å². The zero-order valence-electron chi connectivity index (χ0n) is 15.4. The lowest BCUT2D eigenvalue weighted by Crippen LogP contribution is -2.46. The highest BCUT2D eigenvalue weighted by molar-refractivity contribution is 9.10. The molecular formula is C19H28BrFN4O. The molecule has 2 saturated heterocycles. The molecule has 0 spiro atoms. The first-order valence-corrected chi connectivity index (χ1v) is 10.3. The Labute approximate surface area is 163 Å². The standard InChI is InChI=1S/C19H28BrFN4O/c1-2-22-19(23-7-5-15-13-16(20)3-4-18(15)21)25-8-6-17(14-25)24-9-11-26-12-10-24/h3-4,13,17H,2,5-12,14H2,1H3,(H,22,23). The first-order valence-electron chi connectivity index (χ1n) is 9.46. The maximum Gasteiger partial charge on any atom is 0.193 e. The third kappa shape index (κ3) is 5.18. The zero-order valence-corrected chi connectivity index (χ0v) is 17.0. The Balaban J connectivity index is 1.57. The molecule has 1 atom stereocenters. The number of hydrogen-bond donors (Lipinski definition) is 1. The summed E-state index contributed by atoms with van der Waals surface area (Å²) in [5.74, 6) is 0.778. The van der Waals surface area contributed by atoms with Crippen LogP contribution in [0.3, 0.4) is 0 Å². The van der Waals surface area contributed by atoms with E-state index in [-0.39, 0.29) is 5.82 Å². The Hall–Kier alpha value is -1.18. The number of rotatable bonds is 5. The predicted molar refractivity (Wildman–Crippen MR) is 106 cm³/mol. The van der Waals surface area contributed by atoms with Gasteiger partial charge >= 0.3 is 0 Å². The van der Waals surface area contributed by atoms with Gasteiger partial charge < -0.3 is 15.0 Å². The Morgan fingerprint density at radius 3 is 2.92 bits per heavy atom. The summed E-state index contributed by atoms with van der Waals surface area (Å²) in [5.41, 5.74) is 0.701. The van der Waals surface area contributed by atoms with Crippen LogP contribution in [0, 0.1) is 5.82 Å². The molecule has 0 aromatic heterocycles. The van der Waals surface area contributed by atoms with Crippen LogP contribution in [0.15, 0.2) is 27.7 Å². The van der Waals surface area contributed by atoms with E-state index in [2.05, 4.69) is 38.0 Å². The Morgan fingerprint density at radius 2 is 2.15 bits per heavy atom. The summed E-state index contributed by atoms with van der Waals surface area (Å²) in [7, 11) is 0. The van der Waals surface area contributed by atoms with E-state index in [0.717, 1.165) is 62.8 Å². The number of benzene rings is 1. The van der Waals surface area contributed by atoms with Gasteiger partial charge in [-0.15, -0.1) is 0 Å². The van der Waals surface area contributed by atoms with Gasteiger partial charge in [0.25, 0.3) is 0 Å². The van der Waals surface area contributed by atoms with Crippen LogP contribution >= 0.6 is 15.9 Å². The summed E-state index contributed by atoms with van der Waals surface area (Å²) in [4.78, 5) is 9.61. The van der Waals surface area contributed by atoms with E-state index in [0.29, 0.717) is 24.6 Å². The molecule has 2 fully saturated rings. The zero-order chi connectivity index (χ0) is 18.4. The number of nitrogens with zero attached hydrogens (tertiary/aromatic N) is 3. The molecule has 0 amide bonds. The van der Waals surface area contributed by atoms with Gasteiger partial charge in [-0.05, 0) is 43.5 Å². The van der Waals surface area contributed by atoms with E-state index >= 15 is 0 Å². The Bertz CT molecular complexity index is 622. The Morgan fingerprint density at radius 1 is 1.35 bits per heavy atom. The molecule has 2 aliphatic rings. The van der Waals surface area contributed by atoms with Crippen molar-refractivity contribution in [1.29, 1.82) is 0 Å². The van der Waals surface area contributed by atoms with Gasteiger partial charge in [-0.3, -0.25) is 9.89 Å². The van der Waals surface area contributed by atoms with Crippen molar-refractivity contribution >= 4 is 21.9 Å². The van der Waals surface area contributed by atoms with Gasteiger partial charge in [0.15, 0.2) is 5.96 Å². The quantitative estimate of drug-likeness (QED) is 0.579. The largest absolute Gasteiger partial charge is 0.379 e. The smallest absolute Gasteiger partial charge is 0.193 e. The van der Waals surface area contributed by atoms with Crippen molar-refractivity contribution in [2.45, 2.75) is 25.8 Å². The van der Waals surface area contributed by atoms with Crippen molar-refractivity contribution < 1.29 is 9.13 Å².